The van der Waals surface area contributed by atoms with E-state index in [0.29, 0.717) is 5.69 Å². The molecule has 0 radical (unpaired) electrons. The molecule has 0 bridgehead atoms. The molecule has 0 saturated heterocycles. The van der Waals surface area contributed by atoms with Crippen molar-refractivity contribution in [2.45, 2.75) is 6.61 Å². The van der Waals surface area contributed by atoms with Gasteiger partial charge in [-0.1, -0.05) is 11.6 Å². The molecule has 1 heterocycles. The summed E-state index contributed by atoms with van der Waals surface area (Å²) in [7, 11) is 0. The van der Waals surface area contributed by atoms with Crippen molar-refractivity contribution in [3.63, 3.8) is 0 Å². The SMILES string of the molecule is O=c1cc[nH]c(CO)c1Cl. The van der Waals surface area contributed by atoms with Gasteiger partial charge >= 0.3 is 0 Å². The van der Waals surface area contributed by atoms with Crippen LogP contribution in [0.3, 0.4) is 0 Å². The number of rotatable bonds is 1. The number of pyridine rings is 1. The van der Waals surface area contributed by atoms with Gasteiger partial charge in [0.2, 0.25) is 0 Å². The van der Waals surface area contributed by atoms with Crippen molar-refractivity contribution in [1.82, 2.24) is 4.98 Å². The molecule has 0 aromatic carbocycles. The molecular weight excluding hydrogens is 154 g/mol. The van der Waals surface area contributed by atoms with E-state index < -0.39 is 0 Å². The molecule has 0 atom stereocenters. The first-order valence-corrected chi connectivity index (χ1v) is 3.10. The van der Waals surface area contributed by atoms with Gasteiger partial charge in [0.1, 0.15) is 5.02 Å². The zero-order valence-corrected chi connectivity index (χ0v) is 5.85. The van der Waals surface area contributed by atoms with Crippen LogP contribution in [0.2, 0.25) is 5.02 Å². The number of aromatic amines is 1. The standard InChI is InChI=1S/C6H6ClNO2/c7-6-4(3-9)8-2-1-5(6)10/h1-2,9H,3H2,(H,8,10). The van der Waals surface area contributed by atoms with Gasteiger partial charge in [0.15, 0.2) is 5.43 Å². The van der Waals surface area contributed by atoms with Crippen molar-refractivity contribution in [3.8, 4) is 0 Å². The second-order valence-electron chi connectivity index (χ2n) is 1.79. The number of hydrogen-bond donors (Lipinski definition) is 2. The van der Waals surface area contributed by atoms with Gasteiger partial charge in [0.05, 0.1) is 12.3 Å². The largest absolute Gasteiger partial charge is 0.390 e. The maximum Gasteiger partial charge on any atom is 0.200 e. The minimum absolute atomic E-state index is 0.0602. The van der Waals surface area contributed by atoms with E-state index in [9.17, 15) is 4.79 Å². The van der Waals surface area contributed by atoms with Gasteiger partial charge in [-0.05, 0) is 0 Å². The summed E-state index contributed by atoms with van der Waals surface area (Å²) in [5.41, 5.74) is 0.0821. The molecule has 1 rings (SSSR count). The van der Waals surface area contributed by atoms with Crippen molar-refractivity contribution < 1.29 is 5.11 Å². The number of halogens is 1. The van der Waals surface area contributed by atoms with Crippen LogP contribution in [0.15, 0.2) is 17.1 Å². The lowest BCUT2D eigenvalue weighted by Crippen LogP contribution is -2.04. The highest BCUT2D eigenvalue weighted by Gasteiger charge is 2.00. The number of nitrogens with one attached hydrogen (secondary N) is 1. The maximum atomic E-state index is 10.7. The molecule has 0 amide bonds. The average Bonchev–Trinajstić information content (AvgIpc) is 1.95. The fourth-order valence-electron chi connectivity index (χ4n) is 0.618. The van der Waals surface area contributed by atoms with Crippen LogP contribution in [0.4, 0.5) is 0 Å². The van der Waals surface area contributed by atoms with Crippen molar-refractivity contribution in [2.24, 2.45) is 0 Å². The third kappa shape index (κ3) is 1.20. The van der Waals surface area contributed by atoms with Gasteiger partial charge in [0, 0.05) is 12.3 Å². The summed E-state index contributed by atoms with van der Waals surface area (Å²) in [6, 6.07) is 1.31. The van der Waals surface area contributed by atoms with Crippen molar-refractivity contribution >= 4 is 11.6 Å². The van der Waals surface area contributed by atoms with Crippen molar-refractivity contribution in [2.75, 3.05) is 0 Å². The molecule has 1 aromatic rings. The third-order valence-electron chi connectivity index (χ3n) is 1.13. The van der Waals surface area contributed by atoms with E-state index in [-0.39, 0.29) is 17.1 Å². The first-order chi connectivity index (χ1) is 4.75. The predicted molar refractivity (Wildman–Crippen MR) is 38.0 cm³/mol. The quantitative estimate of drug-likeness (QED) is 0.628. The number of aliphatic hydroxyl groups excluding tert-OH is 1. The van der Waals surface area contributed by atoms with Crippen LogP contribution in [0.25, 0.3) is 0 Å². The average molecular weight is 160 g/mol. The topological polar surface area (TPSA) is 53.1 Å². The Bertz CT molecular complexity index is 281. The van der Waals surface area contributed by atoms with Crippen molar-refractivity contribution in [3.05, 3.63) is 33.2 Å². The molecule has 0 aliphatic rings. The smallest absolute Gasteiger partial charge is 0.200 e. The Morgan fingerprint density at radius 1 is 1.70 bits per heavy atom. The summed E-state index contributed by atoms with van der Waals surface area (Å²) in [5.74, 6) is 0. The summed E-state index contributed by atoms with van der Waals surface area (Å²) in [6.45, 7) is -0.241. The Hall–Kier alpha value is -0.800. The molecule has 4 heteroatoms. The lowest BCUT2D eigenvalue weighted by molar-refractivity contribution is 0.277. The van der Waals surface area contributed by atoms with E-state index in [0.717, 1.165) is 0 Å². The Labute approximate surface area is 62.3 Å². The molecule has 0 fully saturated rings. The van der Waals surface area contributed by atoms with Crippen LogP contribution in [-0.4, -0.2) is 10.1 Å². The normalized spacial score (nSPS) is 9.80. The monoisotopic (exact) mass is 159 g/mol. The summed E-state index contributed by atoms with van der Waals surface area (Å²) >= 11 is 5.49. The zero-order valence-electron chi connectivity index (χ0n) is 5.10. The van der Waals surface area contributed by atoms with Crippen LogP contribution in [0, 0.1) is 0 Å². The van der Waals surface area contributed by atoms with Gasteiger partial charge in [-0.3, -0.25) is 4.79 Å². The summed E-state index contributed by atoms with van der Waals surface area (Å²) in [6.07, 6.45) is 1.44. The van der Waals surface area contributed by atoms with Crippen LogP contribution in [0.1, 0.15) is 5.69 Å². The highest BCUT2D eigenvalue weighted by Crippen LogP contribution is 2.05. The molecule has 10 heavy (non-hydrogen) atoms. The predicted octanol–water partition coefficient (Wildman–Crippen LogP) is 0.521. The highest BCUT2D eigenvalue weighted by atomic mass is 35.5. The molecule has 0 unspecified atom stereocenters. The number of H-pyrrole nitrogens is 1. The third-order valence-corrected chi connectivity index (χ3v) is 1.55. The Morgan fingerprint density at radius 2 is 2.40 bits per heavy atom. The number of hydrogen-bond acceptors (Lipinski definition) is 2. The maximum absolute atomic E-state index is 10.7. The highest BCUT2D eigenvalue weighted by molar-refractivity contribution is 6.31. The lowest BCUT2D eigenvalue weighted by atomic mass is 10.3. The fourth-order valence-corrected chi connectivity index (χ4v) is 0.796. The van der Waals surface area contributed by atoms with E-state index in [1.807, 2.05) is 0 Å². The van der Waals surface area contributed by atoms with Crippen LogP contribution < -0.4 is 5.43 Å². The van der Waals surface area contributed by atoms with E-state index >= 15 is 0 Å². The van der Waals surface area contributed by atoms with Crippen molar-refractivity contribution in [1.29, 1.82) is 0 Å². The fraction of sp³-hybridized carbons (Fsp3) is 0.167. The molecule has 54 valence electrons. The van der Waals surface area contributed by atoms with Gasteiger partial charge < -0.3 is 10.1 Å². The van der Waals surface area contributed by atoms with Gasteiger partial charge in [-0.15, -0.1) is 0 Å². The van der Waals surface area contributed by atoms with Gasteiger partial charge in [-0.2, -0.15) is 0 Å². The molecule has 0 aliphatic heterocycles. The zero-order chi connectivity index (χ0) is 7.56. The Kier molecular flexibility index (Phi) is 2.09. The van der Waals surface area contributed by atoms with Crippen LogP contribution in [-0.2, 0) is 6.61 Å². The molecule has 3 nitrogen and oxygen atoms in total. The summed E-state index contributed by atoms with van der Waals surface area (Å²) in [4.78, 5) is 13.4. The first-order valence-electron chi connectivity index (χ1n) is 2.72. The molecule has 0 saturated carbocycles. The lowest BCUT2D eigenvalue weighted by Gasteiger charge is -1.96. The minimum Gasteiger partial charge on any atom is -0.390 e. The Balaban J connectivity index is 3.28. The Morgan fingerprint density at radius 3 is 2.90 bits per heavy atom. The molecule has 0 aliphatic carbocycles. The number of aromatic nitrogens is 1. The summed E-state index contributed by atoms with van der Waals surface area (Å²) in [5, 5.41) is 8.65. The second kappa shape index (κ2) is 2.86. The van der Waals surface area contributed by atoms with Gasteiger partial charge in [0.25, 0.3) is 0 Å². The molecular formula is C6H6ClNO2. The van der Waals surface area contributed by atoms with E-state index in [2.05, 4.69) is 4.98 Å². The first kappa shape index (κ1) is 7.31. The molecule has 0 spiro atoms. The minimum atomic E-state index is -0.274. The van der Waals surface area contributed by atoms with Crippen LogP contribution in [0.5, 0.6) is 0 Å². The second-order valence-corrected chi connectivity index (χ2v) is 2.17. The summed E-state index contributed by atoms with van der Waals surface area (Å²) < 4.78 is 0. The van der Waals surface area contributed by atoms with Gasteiger partial charge in [-0.25, -0.2) is 0 Å². The van der Waals surface area contributed by atoms with Crippen LogP contribution >= 0.6 is 11.6 Å². The number of aliphatic hydroxyl groups is 1. The van der Waals surface area contributed by atoms with E-state index in [1.165, 1.54) is 12.3 Å². The molecule has 1 aromatic heterocycles. The van der Waals surface area contributed by atoms with E-state index in [4.69, 9.17) is 16.7 Å². The van der Waals surface area contributed by atoms with E-state index in [1.54, 1.807) is 0 Å². The molecule has 2 N–H and O–H groups in total.